The van der Waals surface area contributed by atoms with Gasteiger partial charge in [-0.2, -0.15) is 0 Å². The van der Waals surface area contributed by atoms with Crippen molar-refractivity contribution in [1.82, 2.24) is 4.90 Å². The van der Waals surface area contributed by atoms with Gasteiger partial charge in [-0.3, -0.25) is 0 Å². The first-order chi connectivity index (χ1) is 7.74. The first kappa shape index (κ1) is 10.3. The summed E-state index contributed by atoms with van der Waals surface area (Å²) in [5, 5.41) is 0. The van der Waals surface area contributed by atoms with Crippen LogP contribution in [0.5, 0.6) is 0 Å². The van der Waals surface area contributed by atoms with E-state index >= 15 is 0 Å². The quantitative estimate of drug-likeness (QED) is 0.813. The minimum absolute atomic E-state index is 0.385. The second-order valence-electron chi connectivity index (χ2n) is 5.46. The predicted molar refractivity (Wildman–Crippen MR) is 66.5 cm³/mol. The molecule has 1 aromatic carbocycles. The summed E-state index contributed by atoms with van der Waals surface area (Å²) in [6.07, 6.45) is 1.26. The maximum Gasteiger partial charge on any atom is 0.0206 e. The van der Waals surface area contributed by atoms with Crippen LogP contribution >= 0.6 is 0 Å². The largest absolute Gasteiger partial charge is 0.326 e. The van der Waals surface area contributed by atoms with Crippen molar-refractivity contribution in [2.45, 2.75) is 25.3 Å². The topological polar surface area (TPSA) is 29.3 Å². The van der Waals surface area contributed by atoms with Gasteiger partial charge in [-0.05, 0) is 23.5 Å². The number of likely N-dealkylation sites (tertiary alicyclic amines) is 1. The van der Waals surface area contributed by atoms with Crippen molar-refractivity contribution in [1.29, 1.82) is 0 Å². The molecular weight excluding hydrogens is 196 g/mol. The van der Waals surface area contributed by atoms with Gasteiger partial charge >= 0.3 is 0 Å². The van der Waals surface area contributed by atoms with Crippen molar-refractivity contribution < 1.29 is 0 Å². The lowest BCUT2D eigenvalue weighted by molar-refractivity contribution is 0.292. The summed E-state index contributed by atoms with van der Waals surface area (Å²) in [5.41, 5.74) is 9.17. The zero-order chi connectivity index (χ0) is 11.1. The predicted octanol–water partition coefficient (Wildman–Crippen LogP) is 1.61. The van der Waals surface area contributed by atoms with Crippen LogP contribution < -0.4 is 5.73 Å². The van der Waals surface area contributed by atoms with Crippen molar-refractivity contribution in [3.05, 3.63) is 35.4 Å². The summed E-state index contributed by atoms with van der Waals surface area (Å²) in [6.45, 7) is 5.73. The normalized spacial score (nSPS) is 33.5. The van der Waals surface area contributed by atoms with Crippen molar-refractivity contribution in [2.24, 2.45) is 11.7 Å². The van der Waals surface area contributed by atoms with Gasteiger partial charge in [-0.1, -0.05) is 31.2 Å². The Morgan fingerprint density at radius 3 is 2.81 bits per heavy atom. The summed E-state index contributed by atoms with van der Waals surface area (Å²) in [7, 11) is 0. The van der Waals surface area contributed by atoms with Crippen molar-refractivity contribution in [3.8, 4) is 0 Å². The number of fused-ring (bicyclic) bond motifs is 1. The van der Waals surface area contributed by atoms with Gasteiger partial charge in [-0.25, -0.2) is 0 Å². The van der Waals surface area contributed by atoms with E-state index in [1.165, 1.54) is 19.5 Å². The smallest absolute Gasteiger partial charge is 0.0206 e. The molecule has 1 aliphatic carbocycles. The Labute approximate surface area is 97.4 Å². The highest BCUT2D eigenvalue weighted by Gasteiger charge is 2.32. The summed E-state index contributed by atoms with van der Waals surface area (Å²) in [4.78, 5) is 2.54. The van der Waals surface area contributed by atoms with E-state index in [9.17, 15) is 0 Å². The third kappa shape index (κ3) is 1.66. The highest BCUT2D eigenvalue weighted by atomic mass is 15.2. The Morgan fingerprint density at radius 1 is 1.31 bits per heavy atom. The maximum absolute atomic E-state index is 6.06. The molecule has 1 aliphatic heterocycles. The minimum Gasteiger partial charge on any atom is -0.326 e. The first-order valence-electron chi connectivity index (χ1n) is 6.30. The molecule has 1 heterocycles. The molecular formula is C14H20N2. The van der Waals surface area contributed by atoms with Crippen LogP contribution in [-0.4, -0.2) is 30.6 Å². The molecule has 16 heavy (non-hydrogen) atoms. The lowest BCUT2D eigenvalue weighted by Crippen LogP contribution is -2.33. The SMILES string of the molecule is CC1CN(CC2Cc3ccccc32)CC1N. The lowest BCUT2D eigenvalue weighted by Gasteiger charge is -2.33. The third-order valence-electron chi connectivity index (χ3n) is 4.19. The molecule has 2 N–H and O–H groups in total. The molecule has 0 amide bonds. The second-order valence-corrected chi connectivity index (χ2v) is 5.46. The molecule has 0 radical (unpaired) electrons. The first-order valence-corrected chi connectivity index (χ1v) is 6.30. The van der Waals surface area contributed by atoms with Gasteiger partial charge in [0.05, 0.1) is 0 Å². The van der Waals surface area contributed by atoms with E-state index in [2.05, 4.69) is 36.1 Å². The number of rotatable bonds is 2. The van der Waals surface area contributed by atoms with Crippen LogP contribution in [0.2, 0.25) is 0 Å². The van der Waals surface area contributed by atoms with Gasteiger partial charge in [0.1, 0.15) is 0 Å². The van der Waals surface area contributed by atoms with E-state index in [1.807, 2.05) is 0 Å². The Morgan fingerprint density at radius 2 is 2.12 bits per heavy atom. The molecule has 0 aromatic heterocycles. The zero-order valence-electron chi connectivity index (χ0n) is 9.89. The van der Waals surface area contributed by atoms with E-state index < -0.39 is 0 Å². The molecule has 1 fully saturated rings. The molecule has 0 spiro atoms. The molecule has 3 rings (SSSR count). The number of nitrogens with zero attached hydrogens (tertiary/aromatic N) is 1. The highest BCUT2D eigenvalue weighted by molar-refractivity contribution is 5.40. The monoisotopic (exact) mass is 216 g/mol. The van der Waals surface area contributed by atoms with E-state index in [-0.39, 0.29) is 0 Å². The molecule has 1 aromatic rings. The molecule has 86 valence electrons. The van der Waals surface area contributed by atoms with E-state index in [4.69, 9.17) is 5.73 Å². The van der Waals surface area contributed by atoms with Gasteiger partial charge in [0, 0.05) is 31.6 Å². The van der Waals surface area contributed by atoms with Crippen LogP contribution in [0.25, 0.3) is 0 Å². The Balaban J connectivity index is 1.63. The minimum atomic E-state index is 0.385. The van der Waals surface area contributed by atoms with Gasteiger partial charge < -0.3 is 10.6 Å². The molecule has 2 nitrogen and oxygen atoms in total. The summed E-state index contributed by atoms with van der Waals surface area (Å²) in [6, 6.07) is 9.22. The molecule has 2 heteroatoms. The van der Waals surface area contributed by atoms with E-state index in [0.29, 0.717) is 12.0 Å². The molecule has 3 unspecified atom stereocenters. The average molecular weight is 216 g/mol. The fraction of sp³-hybridized carbons (Fsp3) is 0.571. The molecule has 0 saturated carbocycles. The van der Waals surface area contributed by atoms with Crippen LogP contribution in [-0.2, 0) is 6.42 Å². The van der Waals surface area contributed by atoms with E-state index in [0.717, 1.165) is 12.5 Å². The second kappa shape index (κ2) is 3.86. The number of hydrogen-bond acceptors (Lipinski definition) is 2. The number of benzene rings is 1. The highest BCUT2D eigenvalue weighted by Crippen LogP contribution is 2.36. The maximum atomic E-state index is 6.06. The van der Waals surface area contributed by atoms with Crippen molar-refractivity contribution in [2.75, 3.05) is 19.6 Å². The van der Waals surface area contributed by atoms with Crippen molar-refractivity contribution in [3.63, 3.8) is 0 Å². The van der Waals surface area contributed by atoms with Crippen LogP contribution in [0.15, 0.2) is 24.3 Å². The third-order valence-corrected chi connectivity index (χ3v) is 4.19. The zero-order valence-corrected chi connectivity index (χ0v) is 9.89. The van der Waals surface area contributed by atoms with Crippen LogP contribution in [0.1, 0.15) is 24.0 Å². The Hall–Kier alpha value is -0.860. The standard InChI is InChI=1S/C14H20N2/c1-10-7-16(9-14(10)15)8-12-6-11-4-2-3-5-13(11)12/h2-5,10,12,14H,6-9,15H2,1H3. The van der Waals surface area contributed by atoms with Crippen LogP contribution in [0.3, 0.4) is 0 Å². The summed E-state index contributed by atoms with van der Waals surface area (Å²) >= 11 is 0. The molecule has 3 atom stereocenters. The lowest BCUT2D eigenvalue weighted by atomic mass is 9.77. The Kier molecular flexibility index (Phi) is 2.49. The summed E-state index contributed by atoms with van der Waals surface area (Å²) < 4.78 is 0. The van der Waals surface area contributed by atoms with Gasteiger partial charge in [0.25, 0.3) is 0 Å². The Bertz CT molecular complexity index is 378. The van der Waals surface area contributed by atoms with Crippen LogP contribution in [0, 0.1) is 5.92 Å². The van der Waals surface area contributed by atoms with E-state index in [1.54, 1.807) is 11.1 Å². The van der Waals surface area contributed by atoms with Gasteiger partial charge in [0.2, 0.25) is 0 Å². The van der Waals surface area contributed by atoms with Crippen LogP contribution in [0.4, 0.5) is 0 Å². The molecule has 1 saturated heterocycles. The van der Waals surface area contributed by atoms with Gasteiger partial charge in [-0.15, -0.1) is 0 Å². The average Bonchev–Trinajstić information content (AvgIpc) is 2.55. The fourth-order valence-corrected chi connectivity index (χ4v) is 3.08. The molecule has 0 bridgehead atoms. The number of hydrogen-bond donors (Lipinski definition) is 1. The summed E-state index contributed by atoms with van der Waals surface area (Å²) in [5.74, 6) is 1.42. The van der Waals surface area contributed by atoms with Gasteiger partial charge in [0.15, 0.2) is 0 Å². The van der Waals surface area contributed by atoms with Crippen molar-refractivity contribution >= 4 is 0 Å². The fourth-order valence-electron chi connectivity index (χ4n) is 3.08. The molecule has 2 aliphatic rings. The number of nitrogens with two attached hydrogens (primary N) is 1.